The zero-order chi connectivity index (χ0) is 23.3. The predicted octanol–water partition coefficient (Wildman–Crippen LogP) is 5.28. The molecule has 0 aliphatic carbocycles. The molecule has 0 aliphatic rings. The van der Waals surface area contributed by atoms with Gasteiger partial charge in [0.05, 0.1) is 12.7 Å². The average Bonchev–Trinajstić information content (AvgIpc) is 2.79. The molecule has 2 amide bonds. The molecule has 0 saturated carbocycles. The Balaban J connectivity index is 1.63. The number of benzene rings is 3. The van der Waals surface area contributed by atoms with E-state index in [0.717, 1.165) is 5.56 Å². The fourth-order valence-corrected chi connectivity index (χ4v) is 3.07. The van der Waals surface area contributed by atoms with Gasteiger partial charge in [-0.15, -0.1) is 0 Å². The largest absolute Gasteiger partial charge is 0.465 e. The molecule has 0 radical (unpaired) electrons. The van der Waals surface area contributed by atoms with Crippen molar-refractivity contribution in [2.45, 2.75) is 26.2 Å². The number of methoxy groups -OCH3 is 1. The Bertz CT molecular complexity index is 1130. The van der Waals surface area contributed by atoms with Crippen LogP contribution in [0.3, 0.4) is 0 Å². The Morgan fingerprint density at radius 3 is 1.69 bits per heavy atom. The molecule has 0 saturated heterocycles. The number of carbonyl (C=O) groups is 3. The maximum Gasteiger partial charge on any atom is 0.337 e. The average molecular weight is 431 g/mol. The van der Waals surface area contributed by atoms with Gasteiger partial charge in [-0.2, -0.15) is 0 Å². The van der Waals surface area contributed by atoms with E-state index in [2.05, 4.69) is 36.1 Å². The van der Waals surface area contributed by atoms with Gasteiger partial charge in [0.2, 0.25) is 0 Å². The number of carbonyl (C=O) groups excluding carboxylic acids is 3. The van der Waals surface area contributed by atoms with Gasteiger partial charge in [0, 0.05) is 22.5 Å². The molecule has 0 fully saturated rings. The second kappa shape index (κ2) is 9.47. The molecule has 6 nitrogen and oxygen atoms in total. The zero-order valence-corrected chi connectivity index (χ0v) is 18.6. The van der Waals surface area contributed by atoms with Crippen LogP contribution in [0.5, 0.6) is 0 Å². The van der Waals surface area contributed by atoms with Gasteiger partial charge in [0.1, 0.15) is 0 Å². The maximum atomic E-state index is 12.5. The lowest BCUT2D eigenvalue weighted by Gasteiger charge is -2.19. The van der Waals surface area contributed by atoms with Crippen LogP contribution in [0, 0.1) is 0 Å². The minimum absolute atomic E-state index is 0.0237. The van der Waals surface area contributed by atoms with Crippen LogP contribution in [0.1, 0.15) is 57.4 Å². The molecular weight excluding hydrogens is 404 g/mol. The van der Waals surface area contributed by atoms with E-state index in [-0.39, 0.29) is 17.2 Å². The molecule has 164 valence electrons. The van der Waals surface area contributed by atoms with E-state index in [1.54, 1.807) is 42.5 Å². The van der Waals surface area contributed by atoms with Crippen molar-refractivity contribution in [2.24, 2.45) is 0 Å². The van der Waals surface area contributed by atoms with Crippen molar-refractivity contribution in [3.8, 4) is 0 Å². The SMILES string of the molecule is COC(=O)c1cccc(C(=O)Nc2ccc(NC(=O)c3ccc(C(C)(C)C)cc3)cc2)c1. The Kier molecular flexibility index (Phi) is 6.73. The normalized spacial score (nSPS) is 10.9. The summed E-state index contributed by atoms with van der Waals surface area (Å²) in [6.07, 6.45) is 0. The first-order valence-corrected chi connectivity index (χ1v) is 10.2. The zero-order valence-electron chi connectivity index (χ0n) is 18.6. The van der Waals surface area contributed by atoms with Crippen LogP contribution in [0.15, 0.2) is 72.8 Å². The van der Waals surface area contributed by atoms with Crippen LogP contribution < -0.4 is 10.6 Å². The van der Waals surface area contributed by atoms with Crippen LogP contribution >= 0.6 is 0 Å². The van der Waals surface area contributed by atoms with Crippen molar-refractivity contribution in [1.82, 2.24) is 0 Å². The van der Waals surface area contributed by atoms with Crippen LogP contribution in [-0.4, -0.2) is 24.9 Å². The van der Waals surface area contributed by atoms with Crippen molar-refractivity contribution in [1.29, 1.82) is 0 Å². The highest BCUT2D eigenvalue weighted by Crippen LogP contribution is 2.23. The second-order valence-corrected chi connectivity index (χ2v) is 8.39. The molecule has 3 aromatic rings. The third-order valence-electron chi connectivity index (χ3n) is 4.96. The summed E-state index contributed by atoms with van der Waals surface area (Å²) in [6, 6.07) is 20.6. The fraction of sp³-hybridized carbons (Fsp3) is 0.192. The number of ether oxygens (including phenoxy) is 1. The lowest BCUT2D eigenvalue weighted by atomic mass is 9.87. The van der Waals surface area contributed by atoms with E-state index in [1.165, 1.54) is 13.2 Å². The molecule has 0 aromatic heterocycles. The number of amides is 2. The molecule has 3 rings (SSSR count). The van der Waals surface area contributed by atoms with E-state index in [1.807, 2.05) is 24.3 Å². The molecule has 32 heavy (non-hydrogen) atoms. The van der Waals surface area contributed by atoms with E-state index < -0.39 is 5.97 Å². The second-order valence-electron chi connectivity index (χ2n) is 8.39. The Morgan fingerprint density at radius 1 is 0.688 bits per heavy atom. The van der Waals surface area contributed by atoms with E-state index in [0.29, 0.717) is 28.1 Å². The van der Waals surface area contributed by atoms with Gasteiger partial charge >= 0.3 is 5.97 Å². The Labute approximate surface area is 187 Å². The van der Waals surface area contributed by atoms with Gasteiger partial charge in [-0.05, 0) is 65.6 Å². The number of anilines is 2. The molecule has 0 aliphatic heterocycles. The van der Waals surface area contributed by atoms with Crippen molar-refractivity contribution in [3.63, 3.8) is 0 Å². The van der Waals surface area contributed by atoms with Crippen molar-refractivity contribution >= 4 is 29.2 Å². The smallest absolute Gasteiger partial charge is 0.337 e. The summed E-state index contributed by atoms with van der Waals surface area (Å²) in [5, 5.41) is 5.62. The highest BCUT2D eigenvalue weighted by atomic mass is 16.5. The summed E-state index contributed by atoms with van der Waals surface area (Å²) >= 11 is 0. The Hall–Kier alpha value is -3.93. The maximum absolute atomic E-state index is 12.5. The summed E-state index contributed by atoms with van der Waals surface area (Å²) in [4.78, 5) is 36.7. The number of rotatable bonds is 5. The van der Waals surface area contributed by atoms with Crippen LogP contribution in [0.4, 0.5) is 11.4 Å². The lowest BCUT2D eigenvalue weighted by Crippen LogP contribution is -2.15. The monoisotopic (exact) mass is 430 g/mol. The van der Waals surface area contributed by atoms with Crippen molar-refractivity contribution in [2.75, 3.05) is 17.7 Å². The fourth-order valence-electron chi connectivity index (χ4n) is 3.07. The number of hydrogen-bond donors (Lipinski definition) is 2. The first-order valence-electron chi connectivity index (χ1n) is 10.2. The first-order chi connectivity index (χ1) is 15.2. The summed E-state index contributed by atoms with van der Waals surface area (Å²) < 4.78 is 4.68. The highest BCUT2D eigenvalue weighted by Gasteiger charge is 2.15. The van der Waals surface area contributed by atoms with Crippen LogP contribution in [-0.2, 0) is 10.2 Å². The molecule has 0 bridgehead atoms. The molecule has 2 N–H and O–H groups in total. The molecule has 6 heteroatoms. The van der Waals surface area contributed by atoms with E-state index in [4.69, 9.17) is 0 Å². The highest BCUT2D eigenvalue weighted by molar-refractivity contribution is 6.06. The van der Waals surface area contributed by atoms with Crippen molar-refractivity contribution < 1.29 is 19.1 Å². The van der Waals surface area contributed by atoms with E-state index in [9.17, 15) is 14.4 Å². The standard InChI is InChI=1S/C26H26N2O4/c1-26(2,3)20-10-8-17(9-11-20)23(29)27-21-12-14-22(15-13-21)28-24(30)18-6-5-7-19(16-18)25(31)32-4/h5-16H,1-4H3,(H,27,29)(H,28,30). The molecule has 0 spiro atoms. The van der Waals surface area contributed by atoms with Crippen molar-refractivity contribution in [3.05, 3.63) is 95.1 Å². The van der Waals surface area contributed by atoms with Gasteiger partial charge in [0.25, 0.3) is 11.8 Å². The quantitative estimate of drug-likeness (QED) is 0.540. The number of nitrogens with one attached hydrogen (secondary N) is 2. The van der Waals surface area contributed by atoms with Gasteiger partial charge in [-0.25, -0.2) is 4.79 Å². The molecule has 0 atom stereocenters. The van der Waals surface area contributed by atoms with Gasteiger partial charge in [0.15, 0.2) is 0 Å². The summed E-state index contributed by atoms with van der Waals surface area (Å²) in [7, 11) is 1.29. The summed E-state index contributed by atoms with van der Waals surface area (Å²) in [6.45, 7) is 6.37. The van der Waals surface area contributed by atoms with E-state index >= 15 is 0 Å². The third-order valence-corrected chi connectivity index (χ3v) is 4.96. The van der Waals surface area contributed by atoms with Crippen LogP contribution in [0.25, 0.3) is 0 Å². The molecular formula is C26H26N2O4. The molecule has 0 heterocycles. The van der Waals surface area contributed by atoms with Gasteiger partial charge < -0.3 is 15.4 Å². The number of esters is 1. The lowest BCUT2D eigenvalue weighted by molar-refractivity contribution is 0.0600. The topological polar surface area (TPSA) is 84.5 Å². The number of hydrogen-bond acceptors (Lipinski definition) is 4. The summed E-state index contributed by atoms with van der Waals surface area (Å²) in [5.41, 5.74) is 3.56. The first kappa shape index (κ1) is 22.7. The minimum Gasteiger partial charge on any atom is -0.465 e. The molecule has 0 unspecified atom stereocenters. The van der Waals surface area contributed by atoms with Gasteiger partial charge in [-0.3, -0.25) is 9.59 Å². The Morgan fingerprint density at radius 2 is 1.19 bits per heavy atom. The van der Waals surface area contributed by atoms with Crippen LogP contribution in [0.2, 0.25) is 0 Å². The minimum atomic E-state index is -0.507. The molecule has 3 aromatic carbocycles. The predicted molar refractivity (Wildman–Crippen MR) is 125 cm³/mol. The summed E-state index contributed by atoms with van der Waals surface area (Å²) in [5.74, 6) is -1.07. The van der Waals surface area contributed by atoms with Gasteiger partial charge in [-0.1, -0.05) is 39.0 Å². The third kappa shape index (κ3) is 5.60.